The first kappa shape index (κ1) is 11.7. The van der Waals surface area contributed by atoms with Crippen molar-refractivity contribution in [2.45, 2.75) is 12.8 Å². The number of rotatable bonds is 5. The van der Waals surface area contributed by atoms with Crippen molar-refractivity contribution in [3.05, 3.63) is 22.6 Å². The lowest BCUT2D eigenvalue weighted by Gasteiger charge is -2.05. The van der Waals surface area contributed by atoms with Crippen molar-refractivity contribution in [2.75, 3.05) is 17.7 Å². The van der Waals surface area contributed by atoms with Crippen LogP contribution in [0.5, 0.6) is 0 Å². The van der Waals surface area contributed by atoms with Crippen molar-refractivity contribution in [3.8, 4) is 0 Å². The zero-order chi connectivity index (χ0) is 10.4. The monoisotopic (exact) mass is 280 g/mol. The Hall–Kier alpha value is -0.350. The molecule has 0 aliphatic heterocycles. The predicted molar refractivity (Wildman–Crippen MR) is 60.3 cm³/mol. The molecule has 0 aliphatic carbocycles. The van der Waals surface area contributed by atoms with Crippen LogP contribution in [0.15, 0.2) is 16.7 Å². The molecule has 2 nitrogen and oxygen atoms in total. The van der Waals surface area contributed by atoms with Gasteiger partial charge in [0.1, 0.15) is 0 Å². The van der Waals surface area contributed by atoms with Gasteiger partial charge in [-0.05, 0) is 34.8 Å². The molecule has 0 amide bonds. The number of unbranched alkanes of at least 4 members (excludes halogenated alkanes) is 1. The van der Waals surface area contributed by atoms with Crippen LogP contribution >= 0.6 is 27.5 Å². The second kappa shape index (κ2) is 6.19. The number of nitrogens with one attached hydrogen (secondary N) is 1. The average Bonchev–Trinajstić information content (AvgIpc) is 2.15. The maximum absolute atomic E-state index is 13.2. The molecule has 0 saturated carbocycles. The highest BCUT2D eigenvalue weighted by atomic mass is 79.9. The Bertz CT molecular complexity index is 296. The molecule has 0 spiro atoms. The van der Waals surface area contributed by atoms with Crippen molar-refractivity contribution in [1.82, 2.24) is 4.98 Å². The number of hydrogen-bond acceptors (Lipinski definition) is 2. The lowest BCUT2D eigenvalue weighted by atomic mass is 10.3. The maximum Gasteiger partial charge on any atom is 0.166 e. The largest absolute Gasteiger partial charge is 0.368 e. The summed E-state index contributed by atoms with van der Waals surface area (Å²) in [5.41, 5.74) is 0. The van der Waals surface area contributed by atoms with Crippen molar-refractivity contribution in [2.24, 2.45) is 0 Å². The Balaban J connectivity index is 2.42. The summed E-state index contributed by atoms with van der Waals surface area (Å²) in [5, 5.41) is 2.91. The van der Waals surface area contributed by atoms with E-state index in [-0.39, 0.29) is 5.82 Å². The molecule has 0 saturated heterocycles. The highest BCUT2D eigenvalue weighted by Gasteiger charge is 2.02. The van der Waals surface area contributed by atoms with Gasteiger partial charge in [-0.15, -0.1) is 11.6 Å². The molecular weight excluding hydrogens is 270 g/mol. The predicted octanol–water partition coefficient (Wildman–Crippen LogP) is 3.41. The van der Waals surface area contributed by atoms with Gasteiger partial charge in [-0.1, -0.05) is 0 Å². The Morgan fingerprint density at radius 3 is 2.93 bits per heavy atom. The Morgan fingerprint density at radius 2 is 2.29 bits per heavy atom. The molecule has 0 bridgehead atoms. The van der Waals surface area contributed by atoms with E-state index in [1.807, 2.05) is 0 Å². The summed E-state index contributed by atoms with van der Waals surface area (Å²) in [4.78, 5) is 3.91. The number of nitrogens with zero attached hydrogens (tertiary/aromatic N) is 1. The van der Waals surface area contributed by atoms with Crippen LogP contribution in [0.2, 0.25) is 0 Å². The highest BCUT2D eigenvalue weighted by Crippen LogP contribution is 2.15. The van der Waals surface area contributed by atoms with Crippen molar-refractivity contribution < 1.29 is 4.39 Å². The van der Waals surface area contributed by atoms with Gasteiger partial charge < -0.3 is 5.32 Å². The van der Waals surface area contributed by atoms with E-state index in [1.165, 1.54) is 6.07 Å². The molecule has 5 heteroatoms. The van der Waals surface area contributed by atoms with Gasteiger partial charge in [0.2, 0.25) is 0 Å². The van der Waals surface area contributed by atoms with Crippen LogP contribution < -0.4 is 5.32 Å². The van der Waals surface area contributed by atoms with E-state index in [0.29, 0.717) is 22.7 Å². The molecule has 0 atom stereocenters. The van der Waals surface area contributed by atoms with E-state index in [9.17, 15) is 4.39 Å². The van der Waals surface area contributed by atoms with Gasteiger partial charge in [-0.3, -0.25) is 0 Å². The summed E-state index contributed by atoms with van der Waals surface area (Å²) in [7, 11) is 0. The van der Waals surface area contributed by atoms with E-state index in [4.69, 9.17) is 11.6 Å². The van der Waals surface area contributed by atoms with Gasteiger partial charge in [0.25, 0.3) is 0 Å². The molecule has 0 fully saturated rings. The van der Waals surface area contributed by atoms with Crippen LogP contribution in [0, 0.1) is 5.82 Å². The van der Waals surface area contributed by atoms with Crippen LogP contribution in [0.1, 0.15) is 12.8 Å². The van der Waals surface area contributed by atoms with Crippen LogP contribution in [0.25, 0.3) is 0 Å². The SMILES string of the molecule is Fc1cc(Br)cnc1NCCCCCl. The minimum Gasteiger partial charge on any atom is -0.368 e. The van der Waals surface area contributed by atoms with Gasteiger partial charge >= 0.3 is 0 Å². The molecule has 1 heterocycles. The molecular formula is C9H11BrClFN2. The number of halogens is 3. The smallest absolute Gasteiger partial charge is 0.166 e. The first-order valence-corrected chi connectivity index (χ1v) is 5.67. The summed E-state index contributed by atoms with van der Waals surface area (Å²) in [6, 6.07) is 1.39. The number of pyridine rings is 1. The third-order valence-electron chi connectivity index (χ3n) is 1.66. The number of aromatic nitrogens is 1. The fourth-order valence-corrected chi connectivity index (χ4v) is 1.46. The van der Waals surface area contributed by atoms with Gasteiger partial charge in [0, 0.05) is 23.1 Å². The van der Waals surface area contributed by atoms with E-state index < -0.39 is 0 Å². The zero-order valence-corrected chi connectivity index (χ0v) is 9.91. The number of anilines is 1. The van der Waals surface area contributed by atoms with Crippen LogP contribution in [0.4, 0.5) is 10.2 Å². The second-order valence-corrected chi connectivity index (χ2v) is 4.10. The van der Waals surface area contributed by atoms with Crippen molar-refractivity contribution in [3.63, 3.8) is 0 Å². The molecule has 1 N–H and O–H groups in total. The molecule has 78 valence electrons. The van der Waals surface area contributed by atoms with Gasteiger partial charge in [0.15, 0.2) is 11.6 Å². The van der Waals surface area contributed by atoms with Crippen molar-refractivity contribution in [1.29, 1.82) is 0 Å². The lowest BCUT2D eigenvalue weighted by Crippen LogP contribution is -2.05. The zero-order valence-electron chi connectivity index (χ0n) is 7.56. The summed E-state index contributed by atoms with van der Waals surface area (Å²) < 4.78 is 13.8. The highest BCUT2D eigenvalue weighted by molar-refractivity contribution is 9.10. The topological polar surface area (TPSA) is 24.9 Å². The summed E-state index contributed by atoms with van der Waals surface area (Å²) in [5.74, 6) is 0.589. The second-order valence-electron chi connectivity index (χ2n) is 2.81. The van der Waals surface area contributed by atoms with Crippen LogP contribution in [-0.4, -0.2) is 17.4 Å². The van der Waals surface area contributed by atoms with Crippen LogP contribution in [0.3, 0.4) is 0 Å². The first-order valence-electron chi connectivity index (χ1n) is 4.35. The normalized spacial score (nSPS) is 10.2. The average molecular weight is 282 g/mol. The van der Waals surface area contributed by atoms with Crippen molar-refractivity contribution >= 4 is 33.3 Å². The fourth-order valence-electron chi connectivity index (χ4n) is 0.971. The molecule has 1 aromatic rings. The minimum atomic E-state index is -0.342. The third kappa shape index (κ3) is 3.80. The lowest BCUT2D eigenvalue weighted by molar-refractivity contribution is 0.622. The Labute approximate surface area is 96.0 Å². The molecule has 1 rings (SSSR count). The van der Waals surface area contributed by atoms with Crippen LogP contribution in [-0.2, 0) is 0 Å². The molecule has 0 aliphatic rings. The van der Waals surface area contributed by atoms with E-state index in [1.54, 1.807) is 6.20 Å². The molecule has 0 radical (unpaired) electrons. The van der Waals surface area contributed by atoms with E-state index >= 15 is 0 Å². The molecule has 14 heavy (non-hydrogen) atoms. The van der Waals surface area contributed by atoms with E-state index in [0.717, 1.165) is 12.8 Å². The number of hydrogen-bond donors (Lipinski definition) is 1. The first-order chi connectivity index (χ1) is 6.74. The summed E-state index contributed by atoms with van der Waals surface area (Å²) in [6.07, 6.45) is 3.40. The maximum atomic E-state index is 13.2. The standard InChI is InChI=1S/C9H11BrClFN2/c10-7-5-8(12)9(14-6-7)13-4-2-1-3-11/h5-6H,1-4H2,(H,13,14). The molecule has 0 aromatic carbocycles. The summed E-state index contributed by atoms with van der Waals surface area (Å²) >= 11 is 8.65. The van der Waals surface area contributed by atoms with Gasteiger partial charge in [-0.2, -0.15) is 0 Å². The summed E-state index contributed by atoms with van der Waals surface area (Å²) in [6.45, 7) is 0.693. The Morgan fingerprint density at radius 1 is 1.50 bits per heavy atom. The molecule has 1 aromatic heterocycles. The third-order valence-corrected chi connectivity index (χ3v) is 2.36. The quantitative estimate of drug-likeness (QED) is 0.661. The van der Waals surface area contributed by atoms with Gasteiger partial charge in [0.05, 0.1) is 0 Å². The van der Waals surface area contributed by atoms with E-state index in [2.05, 4.69) is 26.2 Å². The minimum absolute atomic E-state index is 0.294. The fraction of sp³-hybridized carbons (Fsp3) is 0.444. The van der Waals surface area contributed by atoms with Gasteiger partial charge in [-0.25, -0.2) is 9.37 Å². The number of alkyl halides is 1. The Kier molecular flexibility index (Phi) is 5.19. The molecule has 0 unspecified atom stereocenters.